The second-order valence-electron chi connectivity index (χ2n) is 6.43. The molecule has 12 nitrogen and oxygen atoms in total. The molecule has 1 aliphatic heterocycles. The van der Waals surface area contributed by atoms with Crippen LogP contribution in [0.2, 0.25) is 0 Å². The Morgan fingerprint density at radius 2 is 2.03 bits per heavy atom. The zero-order chi connectivity index (χ0) is 21.7. The molecule has 1 amide bonds. The van der Waals surface area contributed by atoms with Crippen molar-refractivity contribution < 1.29 is 19.1 Å². The number of azide groups is 1. The van der Waals surface area contributed by atoms with Crippen LogP contribution in [0.1, 0.15) is 23.5 Å². The van der Waals surface area contributed by atoms with Crippen LogP contribution >= 0.6 is 0 Å². The summed E-state index contributed by atoms with van der Waals surface area (Å²) in [5.41, 5.74) is 7.97. The van der Waals surface area contributed by atoms with Crippen LogP contribution in [0.4, 0.5) is 0 Å². The number of carbonyl (C=O) groups is 2. The number of aromatic nitrogens is 2. The normalized spacial score (nSPS) is 22.7. The Labute approximate surface area is 169 Å². The zero-order valence-electron chi connectivity index (χ0n) is 15.8. The summed E-state index contributed by atoms with van der Waals surface area (Å²) in [4.78, 5) is 52.3. The Bertz CT molecular complexity index is 1090. The number of benzene rings is 1. The number of hydrogen-bond acceptors (Lipinski definition) is 7. The molecule has 0 radical (unpaired) electrons. The number of carbonyl (C=O) groups excluding carboxylic acids is 2. The molecular formula is C18H18N6O6. The van der Waals surface area contributed by atoms with E-state index >= 15 is 0 Å². The van der Waals surface area contributed by atoms with E-state index in [1.54, 1.807) is 30.3 Å². The van der Waals surface area contributed by atoms with Gasteiger partial charge in [-0.25, -0.2) is 4.79 Å². The maximum Gasteiger partial charge on any atom is 0.330 e. The lowest BCUT2D eigenvalue weighted by molar-refractivity contribution is -0.152. The topological polar surface area (TPSA) is 168 Å². The van der Waals surface area contributed by atoms with Gasteiger partial charge in [-0.2, -0.15) is 0 Å². The van der Waals surface area contributed by atoms with Crippen molar-refractivity contribution in [1.82, 2.24) is 14.9 Å². The van der Waals surface area contributed by atoms with Crippen LogP contribution in [0.5, 0.6) is 0 Å². The van der Waals surface area contributed by atoms with Gasteiger partial charge in [0.1, 0.15) is 6.04 Å². The van der Waals surface area contributed by atoms with E-state index in [0.29, 0.717) is 5.56 Å². The first-order valence-corrected chi connectivity index (χ1v) is 8.92. The van der Waals surface area contributed by atoms with Gasteiger partial charge < -0.3 is 14.8 Å². The Hall–Kier alpha value is -3.89. The number of esters is 1. The van der Waals surface area contributed by atoms with Gasteiger partial charge in [-0.1, -0.05) is 23.3 Å². The van der Waals surface area contributed by atoms with Crippen molar-refractivity contribution in [2.45, 2.75) is 31.4 Å². The van der Waals surface area contributed by atoms with E-state index in [1.807, 2.05) is 0 Å². The van der Waals surface area contributed by atoms with Gasteiger partial charge in [0.25, 0.3) is 11.5 Å². The van der Waals surface area contributed by atoms with Crippen LogP contribution in [-0.4, -0.2) is 46.2 Å². The van der Waals surface area contributed by atoms with Crippen molar-refractivity contribution >= 4 is 11.9 Å². The highest BCUT2D eigenvalue weighted by molar-refractivity contribution is 5.94. The summed E-state index contributed by atoms with van der Waals surface area (Å²) in [7, 11) is 0. The minimum Gasteiger partial charge on any atom is -0.457 e. The molecule has 30 heavy (non-hydrogen) atoms. The maximum atomic E-state index is 12.3. The number of ether oxygens (including phenoxy) is 2. The molecule has 0 aliphatic carbocycles. The molecular weight excluding hydrogens is 396 g/mol. The van der Waals surface area contributed by atoms with Crippen molar-refractivity contribution in [3.63, 3.8) is 0 Å². The van der Waals surface area contributed by atoms with E-state index in [1.165, 1.54) is 6.20 Å². The van der Waals surface area contributed by atoms with E-state index in [9.17, 15) is 19.2 Å². The molecule has 1 aliphatic rings. The number of H-pyrrole nitrogens is 1. The number of nitrogens with zero attached hydrogens (tertiary/aromatic N) is 4. The van der Waals surface area contributed by atoms with Crippen molar-refractivity contribution in [2.75, 3.05) is 6.54 Å². The fourth-order valence-corrected chi connectivity index (χ4v) is 3.14. The zero-order valence-corrected chi connectivity index (χ0v) is 15.8. The molecule has 1 fully saturated rings. The van der Waals surface area contributed by atoms with Gasteiger partial charge in [0.15, 0.2) is 12.3 Å². The summed E-state index contributed by atoms with van der Waals surface area (Å²) in [6, 6.07) is 8.50. The van der Waals surface area contributed by atoms with Crippen LogP contribution in [0.25, 0.3) is 10.4 Å². The molecule has 2 N–H and O–H groups in total. The highest BCUT2D eigenvalue weighted by Gasteiger charge is 2.47. The molecule has 2 heterocycles. The molecule has 0 bridgehead atoms. The van der Waals surface area contributed by atoms with Gasteiger partial charge in [0.05, 0.1) is 6.10 Å². The molecule has 4 atom stereocenters. The molecule has 0 spiro atoms. The first-order chi connectivity index (χ1) is 14.4. The molecule has 1 aromatic carbocycles. The van der Waals surface area contributed by atoms with Crippen LogP contribution in [-0.2, 0) is 14.3 Å². The SMILES string of the molecule is CC(=O)O[C@H]1[C@H](N=[N+]=[N-])[C@@H](CNC(=O)c2ccccc2)O[C@H]1n1ccc(=O)[nH]c1=O. The fraction of sp³-hybridized carbons (Fsp3) is 0.333. The smallest absolute Gasteiger partial charge is 0.330 e. The molecule has 12 heteroatoms. The van der Waals surface area contributed by atoms with Gasteiger partial charge in [0, 0.05) is 36.2 Å². The largest absolute Gasteiger partial charge is 0.457 e. The Kier molecular flexibility index (Phi) is 6.30. The highest BCUT2D eigenvalue weighted by atomic mass is 16.6. The van der Waals surface area contributed by atoms with E-state index in [0.717, 1.165) is 17.6 Å². The first kappa shape index (κ1) is 20.8. The predicted molar refractivity (Wildman–Crippen MR) is 102 cm³/mol. The fourth-order valence-electron chi connectivity index (χ4n) is 3.14. The number of rotatable bonds is 6. The molecule has 3 rings (SSSR count). The molecule has 0 unspecified atom stereocenters. The molecule has 0 saturated carbocycles. The second kappa shape index (κ2) is 9.07. The average molecular weight is 414 g/mol. The Morgan fingerprint density at radius 1 is 1.30 bits per heavy atom. The minimum atomic E-state index is -1.17. The van der Waals surface area contributed by atoms with Crippen molar-refractivity contribution in [3.8, 4) is 0 Å². The third-order valence-corrected chi connectivity index (χ3v) is 4.42. The maximum absolute atomic E-state index is 12.3. The van der Waals surface area contributed by atoms with Gasteiger partial charge in [-0.05, 0) is 17.7 Å². The van der Waals surface area contributed by atoms with Crippen LogP contribution < -0.4 is 16.6 Å². The summed E-state index contributed by atoms with van der Waals surface area (Å²) in [5.74, 6) is -1.06. The molecule has 1 saturated heterocycles. The van der Waals surface area contributed by atoms with Gasteiger partial charge in [0.2, 0.25) is 0 Å². The number of hydrogen-bond donors (Lipinski definition) is 2. The van der Waals surface area contributed by atoms with E-state index in [4.69, 9.17) is 15.0 Å². The first-order valence-electron chi connectivity index (χ1n) is 8.92. The van der Waals surface area contributed by atoms with Gasteiger partial charge >= 0.3 is 11.7 Å². The highest BCUT2D eigenvalue weighted by Crippen LogP contribution is 2.33. The molecule has 1 aromatic heterocycles. The Balaban J connectivity index is 1.87. The lowest BCUT2D eigenvalue weighted by atomic mass is 10.1. The molecule has 156 valence electrons. The lowest BCUT2D eigenvalue weighted by Gasteiger charge is -2.21. The second-order valence-corrected chi connectivity index (χ2v) is 6.43. The summed E-state index contributed by atoms with van der Waals surface area (Å²) in [6.45, 7) is 1.08. The number of nitrogens with one attached hydrogen (secondary N) is 2. The van der Waals surface area contributed by atoms with Crippen molar-refractivity contribution in [2.24, 2.45) is 5.11 Å². The van der Waals surface area contributed by atoms with Crippen LogP contribution in [0.15, 0.2) is 57.3 Å². The van der Waals surface area contributed by atoms with Crippen molar-refractivity contribution in [1.29, 1.82) is 0 Å². The number of amides is 1. The summed E-state index contributed by atoms with van der Waals surface area (Å²) >= 11 is 0. The standard InChI is InChI=1S/C18H18N6O6/c1-10(25)29-15-14(22-23-19)12(9-20-16(27)11-5-3-2-4-6-11)30-17(15)24-8-7-13(26)21-18(24)28/h2-8,12,14-15,17H,9H2,1H3,(H,20,27)(H,21,26,28)/t12-,14-,15+,17-/m1/s1. The Morgan fingerprint density at radius 3 is 2.67 bits per heavy atom. The minimum absolute atomic E-state index is 0.0796. The summed E-state index contributed by atoms with van der Waals surface area (Å²) < 4.78 is 12.1. The van der Waals surface area contributed by atoms with Crippen LogP contribution in [0.3, 0.4) is 0 Å². The van der Waals surface area contributed by atoms with Gasteiger partial charge in [-0.3, -0.25) is 23.9 Å². The summed E-state index contributed by atoms with van der Waals surface area (Å²) in [6.07, 6.45) is -2.05. The van der Waals surface area contributed by atoms with Crippen molar-refractivity contribution in [3.05, 3.63) is 79.4 Å². The van der Waals surface area contributed by atoms with E-state index < -0.39 is 41.7 Å². The average Bonchev–Trinajstić information content (AvgIpc) is 3.03. The predicted octanol–water partition coefficient (Wildman–Crippen LogP) is 0.475. The van der Waals surface area contributed by atoms with E-state index in [2.05, 4.69) is 20.3 Å². The molecule has 2 aromatic rings. The lowest BCUT2D eigenvalue weighted by Crippen LogP contribution is -2.41. The summed E-state index contributed by atoms with van der Waals surface area (Å²) in [5, 5.41) is 6.32. The van der Waals surface area contributed by atoms with Gasteiger partial charge in [-0.15, -0.1) is 0 Å². The number of aromatic amines is 1. The van der Waals surface area contributed by atoms with Crippen LogP contribution in [0, 0.1) is 0 Å². The monoisotopic (exact) mass is 414 g/mol. The third kappa shape index (κ3) is 4.57. The quantitative estimate of drug-likeness (QED) is 0.301. The third-order valence-electron chi connectivity index (χ3n) is 4.42. The van der Waals surface area contributed by atoms with E-state index in [-0.39, 0.29) is 12.5 Å².